The fraction of sp³-hybridized carbons (Fsp3) is 0.667. The summed E-state index contributed by atoms with van der Waals surface area (Å²) in [5, 5.41) is 28.9. The predicted octanol–water partition coefficient (Wildman–Crippen LogP) is -2.69. The zero-order chi connectivity index (χ0) is 15.1. The number of rotatable bonds is 2. The summed E-state index contributed by atoms with van der Waals surface area (Å²) in [5.74, 6) is 0. The van der Waals surface area contributed by atoms with Crippen molar-refractivity contribution < 1.29 is 24.8 Å². The first-order valence-electron chi connectivity index (χ1n) is 6.60. The van der Waals surface area contributed by atoms with E-state index in [1.54, 1.807) is 0 Å². The molecule has 3 rings (SSSR count). The first-order valence-corrected chi connectivity index (χ1v) is 6.60. The Balaban J connectivity index is 1.84. The Hall–Kier alpha value is -1.52. The second-order valence-corrected chi connectivity index (χ2v) is 5.19. The molecule has 4 N–H and O–H groups in total. The van der Waals surface area contributed by atoms with E-state index in [9.17, 15) is 19.8 Å². The molecule has 0 spiro atoms. The van der Waals surface area contributed by atoms with E-state index in [4.69, 9.17) is 14.6 Å². The van der Waals surface area contributed by atoms with Crippen molar-refractivity contribution in [1.82, 2.24) is 9.55 Å². The van der Waals surface area contributed by atoms with E-state index in [0.29, 0.717) is 0 Å². The van der Waals surface area contributed by atoms with Crippen LogP contribution in [0.1, 0.15) is 12.6 Å². The molecule has 0 unspecified atom stereocenters. The van der Waals surface area contributed by atoms with Crippen molar-refractivity contribution in [2.75, 3.05) is 6.61 Å². The standard InChI is InChI=1S/C12H16N2O7/c15-4-6-9(17)10(18)11-5(20-6)3-8(21-11)14-2-1-7(16)13-12(14)19/h1-2,5-6,8-11,15,17-18H,3-4H2,(H,13,16,19)/t5-,6-,8+,9-,10+,11+/m1/s1. The number of hydrogen-bond donors (Lipinski definition) is 4. The molecule has 1 aromatic rings. The zero-order valence-corrected chi connectivity index (χ0v) is 11.0. The van der Waals surface area contributed by atoms with Crippen LogP contribution in [0.4, 0.5) is 0 Å². The second-order valence-electron chi connectivity index (χ2n) is 5.19. The van der Waals surface area contributed by atoms with E-state index in [0.717, 1.165) is 0 Å². The summed E-state index contributed by atoms with van der Waals surface area (Å²) in [7, 11) is 0. The van der Waals surface area contributed by atoms with Gasteiger partial charge in [-0.3, -0.25) is 14.3 Å². The van der Waals surface area contributed by atoms with Gasteiger partial charge in [0.05, 0.1) is 12.7 Å². The maximum atomic E-state index is 11.7. The number of fused-ring (bicyclic) bond motifs is 1. The quantitative estimate of drug-likeness (QED) is 0.467. The number of nitrogens with zero attached hydrogens (tertiary/aromatic N) is 1. The van der Waals surface area contributed by atoms with Gasteiger partial charge in [0.15, 0.2) is 0 Å². The number of hydrogen-bond acceptors (Lipinski definition) is 7. The topological polar surface area (TPSA) is 134 Å². The molecule has 0 radical (unpaired) electrons. The van der Waals surface area contributed by atoms with Crippen LogP contribution < -0.4 is 11.2 Å². The molecular weight excluding hydrogens is 284 g/mol. The van der Waals surface area contributed by atoms with Crippen molar-refractivity contribution in [3.63, 3.8) is 0 Å². The highest BCUT2D eigenvalue weighted by atomic mass is 16.6. The van der Waals surface area contributed by atoms with Gasteiger partial charge < -0.3 is 24.8 Å². The number of ether oxygens (including phenoxy) is 2. The van der Waals surface area contributed by atoms with Crippen LogP contribution in [0.25, 0.3) is 0 Å². The van der Waals surface area contributed by atoms with Gasteiger partial charge in [-0.25, -0.2) is 4.79 Å². The largest absolute Gasteiger partial charge is 0.394 e. The SMILES string of the molecule is O=c1ccn([C@@H]2C[C@H]3O[C@H](CO)[C@@H](O)[C@H](O)[C@H]3O2)c(=O)[nH]1. The van der Waals surface area contributed by atoms with Gasteiger partial charge in [0.2, 0.25) is 0 Å². The number of nitrogens with one attached hydrogen (secondary N) is 1. The highest BCUT2D eigenvalue weighted by Gasteiger charge is 2.50. The summed E-state index contributed by atoms with van der Waals surface area (Å²) in [6.07, 6.45) is -3.88. The van der Waals surface area contributed by atoms with E-state index in [1.165, 1.54) is 16.8 Å². The normalized spacial score (nSPS) is 39.2. The van der Waals surface area contributed by atoms with E-state index >= 15 is 0 Å². The second kappa shape index (κ2) is 5.35. The van der Waals surface area contributed by atoms with E-state index in [1.807, 2.05) is 0 Å². The van der Waals surface area contributed by atoms with Gasteiger partial charge in [-0.05, 0) is 0 Å². The van der Waals surface area contributed by atoms with E-state index in [-0.39, 0.29) is 6.42 Å². The van der Waals surface area contributed by atoms with Crippen molar-refractivity contribution >= 4 is 0 Å². The molecule has 0 bridgehead atoms. The Morgan fingerprint density at radius 1 is 1.29 bits per heavy atom. The zero-order valence-electron chi connectivity index (χ0n) is 11.0. The number of aromatic nitrogens is 2. The van der Waals surface area contributed by atoms with Gasteiger partial charge in [-0.15, -0.1) is 0 Å². The average Bonchev–Trinajstić information content (AvgIpc) is 2.86. The fourth-order valence-corrected chi connectivity index (χ4v) is 2.79. The third kappa shape index (κ3) is 2.43. The minimum absolute atomic E-state index is 0.261. The van der Waals surface area contributed by atoms with Crippen LogP contribution in [0.15, 0.2) is 21.9 Å². The molecule has 2 aliphatic rings. The molecule has 2 fully saturated rings. The minimum atomic E-state index is -1.26. The Morgan fingerprint density at radius 3 is 2.71 bits per heavy atom. The Kier molecular flexibility index (Phi) is 3.68. The lowest BCUT2D eigenvalue weighted by atomic mass is 9.95. The number of H-pyrrole nitrogens is 1. The molecule has 0 saturated carbocycles. The third-order valence-corrected chi connectivity index (χ3v) is 3.87. The number of aliphatic hydroxyl groups excluding tert-OH is 3. The average molecular weight is 300 g/mol. The lowest BCUT2D eigenvalue weighted by molar-refractivity contribution is -0.220. The van der Waals surface area contributed by atoms with Crippen LogP contribution in [0.5, 0.6) is 0 Å². The van der Waals surface area contributed by atoms with Gasteiger partial charge >= 0.3 is 5.69 Å². The van der Waals surface area contributed by atoms with Gasteiger partial charge in [0, 0.05) is 18.7 Å². The monoisotopic (exact) mass is 300 g/mol. The maximum absolute atomic E-state index is 11.7. The molecule has 9 heteroatoms. The lowest BCUT2D eigenvalue weighted by Crippen LogP contribution is -2.57. The first-order chi connectivity index (χ1) is 10.0. The molecule has 0 amide bonds. The molecule has 6 atom stereocenters. The summed E-state index contributed by atoms with van der Waals surface area (Å²) in [4.78, 5) is 24.9. The minimum Gasteiger partial charge on any atom is -0.394 e. The van der Waals surface area contributed by atoms with Crippen LogP contribution in [-0.4, -0.2) is 62.0 Å². The van der Waals surface area contributed by atoms with Gasteiger partial charge in [-0.2, -0.15) is 0 Å². The van der Waals surface area contributed by atoms with Gasteiger partial charge in [0.25, 0.3) is 5.56 Å². The van der Waals surface area contributed by atoms with Crippen LogP contribution >= 0.6 is 0 Å². The summed E-state index contributed by atoms with van der Waals surface area (Å²) < 4.78 is 12.2. The van der Waals surface area contributed by atoms with Crippen LogP contribution in [0.3, 0.4) is 0 Å². The molecular formula is C12H16N2O7. The van der Waals surface area contributed by atoms with Crippen LogP contribution in [0, 0.1) is 0 Å². The number of aromatic amines is 1. The Morgan fingerprint density at radius 2 is 2.05 bits per heavy atom. The molecule has 1 aromatic heterocycles. The van der Waals surface area contributed by atoms with Crippen molar-refractivity contribution in [3.8, 4) is 0 Å². The van der Waals surface area contributed by atoms with Crippen LogP contribution in [-0.2, 0) is 9.47 Å². The lowest BCUT2D eigenvalue weighted by Gasteiger charge is -2.38. The Labute approximate surface area is 118 Å². The summed E-state index contributed by atoms with van der Waals surface area (Å²) in [5.41, 5.74) is -1.14. The van der Waals surface area contributed by atoms with Crippen molar-refractivity contribution in [3.05, 3.63) is 33.1 Å². The molecule has 3 heterocycles. The van der Waals surface area contributed by atoms with E-state index in [2.05, 4.69) is 4.98 Å². The fourth-order valence-electron chi connectivity index (χ4n) is 2.79. The molecule has 9 nitrogen and oxygen atoms in total. The molecule has 0 aliphatic carbocycles. The predicted molar refractivity (Wildman–Crippen MR) is 67.6 cm³/mol. The highest BCUT2D eigenvalue weighted by molar-refractivity contribution is 4.98. The van der Waals surface area contributed by atoms with Crippen molar-refractivity contribution in [2.24, 2.45) is 0 Å². The smallest absolute Gasteiger partial charge is 0.330 e. The summed E-state index contributed by atoms with van der Waals surface area (Å²) in [6.45, 7) is -0.426. The summed E-state index contributed by atoms with van der Waals surface area (Å²) >= 11 is 0. The molecule has 116 valence electrons. The van der Waals surface area contributed by atoms with Crippen LogP contribution in [0.2, 0.25) is 0 Å². The van der Waals surface area contributed by atoms with Crippen molar-refractivity contribution in [2.45, 2.75) is 43.2 Å². The first kappa shape index (κ1) is 14.4. The number of aliphatic hydroxyl groups is 3. The van der Waals surface area contributed by atoms with E-state index < -0.39 is 54.6 Å². The highest BCUT2D eigenvalue weighted by Crippen LogP contribution is 2.36. The van der Waals surface area contributed by atoms with Gasteiger partial charge in [-0.1, -0.05) is 0 Å². The third-order valence-electron chi connectivity index (χ3n) is 3.87. The Bertz CT molecular complexity index is 627. The molecule has 2 aliphatic heterocycles. The maximum Gasteiger partial charge on any atom is 0.330 e. The van der Waals surface area contributed by atoms with Gasteiger partial charge in [0.1, 0.15) is 30.6 Å². The molecule has 0 aromatic carbocycles. The van der Waals surface area contributed by atoms with Crippen molar-refractivity contribution in [1.29, 1.82) is 0 Å². The molecule has 21 heavy (non-hydrogen) atoms. The molecule has 2 saturated heterocycles. The summed E-state index contributed by atoms with van der Waals surface area (Å²) in [6, 6.07) is 1.19.